The normalized spacial score (nSPS) is 14.6. The summed E-state index contributed by atoms with van der Waals surface area (Å²) >= 11 is 0. The van der Waals surface area contributed by atoms with Crippen LogP contribution in [0.15, 0.2) is 23.3 Å². The molecule has 1 atom stereocenters. The summed E-state index contributed by atoms with van der Waals surface area (Å²) in [5.74, 6) is -0.447. The van der Waals surface area contributed by atoms with Gasteiger partial charge in [-0.15, -0.1) is 0 Å². The quantitative estimate of drug-likeness (QED) is 0.504. The van der Waals surface area contributed by atoms with E-state index >= 15 is 0 Å². The largest absolute Gasteiger partial charge is 0.461 e. The zero-order chi connectivity index (χ0) is 15.6. The SMILES string of the molecule is CC(C)=CCC/C(C)=C/COC(=O)C[C@](C)(O)CCO. The number of aliphatic hydroxyl groups is 2. The van der Waals surface area contributed by atoms with Crippen LogP contribution in [0.3, 0.4) is 0 Å². The fourth-order valence-electron chi connectivity index (χ4n) is 1.66. The number of carbonyl (C=O) groups is 1. The third-order valence-corrected chi connectivity index (χ3v) is 2.94. The number of hydrogen-bond acceptors (Lipinski definition) is 4. The number of carbonyl (C=O) groups excluding carboxylic acids is 1. The molecule has 0 amide bonds. The number of rotatable bonds is 9. The van der Waals surface area contributed by atoms with Gasteiger partial charge >= 0.3 is 5.97 Å². The van der Waals surface area contributed by atoms with Crippen molar-refractivity contribution in [3.8, 4) is 0 Å². The van der Waals surface area contributed by atoms with Crippen molar-refractivity contribution >= 4 is 5.97 Å². The van der Waals surface area contributed by atoms with E-state index < -0.39 is 11.6 Å². The average molecular weight is 284 g/mol. The zero-order valence-corrected chi connectivity index (χ0v) is 13.1. The van der Waals surface area contributed by atoms with Gasteiger partial charge in [-0.2, -0.15) is 0 Å². The van der Waals surface area contributed by atoms with Crippen LogP contribution in [0.5, 0.6) is 0 Å². The van der Waals surface area contributed by atoms with Crippen molar-refractivity contribution in [3.05, 3.63) is 23.3 Å². The Labute approximate surface area is 122 Å². The molecular formula is C16H28O4. The van der Waals surface area contributed by atoms with Crippen molar-refractivity contribution < 1.29 is 19.7 Å². The maximum Gasteiger partial charge on any atom is 0.309 e. The molecule has 0 aliphatic carbocycles. The molecule has 20 heavy (non-hydrogen) atoms. The number of esters is 1. The van der Waals surface area contributed by atoms with Gasteiger partial charge in [0.2, 0.25) is 0 Å². The Morgan fingerprint density at radius 3 is 2.45 bits per heavy atom. The van der Waals surface area contributed by atoms with Crippen molar-refractivity contribution in [2.24, 2.45) is 0 Å². The summed E-state index contributed by atoms with van der Waals surface area (Å²) in [5, 5.41) is 18.5. The van der Waals surface area contributed by atoms with E-state index in [4.69, 9.17) is 9.84 Å². The van der Waals surface area contributed by atoms with E-state index in [9.17, 15) is 9.90 Å². The molecule has 4 heteroatoms. The van der Waals surface area contributed by atoms with Crippen LogP contribution < -0.4 is 0 Å². The molecule has 0 radical (unpaired) electrons. The van der Waals surface area contributed by atoms with Gasteiger partial charge in [-0.1, -0.05) is 17.2 Å². The van der Waals surface area contributed by atoms with Gasteiger partial charge in [0.25, 0.3) is 0 Å². The zero-order valence-electron chi connectivity index (χ0n) is 13.1. The minimum Gasteiger partial charge on any atom is -0.461 e. The van der Waals surface area contributed by atoms with Crippen LogP contribution in [0.4, 0.5) is 0 Å². The van der Waals surface area contributed by atoms with Crippen molar-refractivity contribution in [2.75, 3.05) is 13.2 Å². The fraction of sp³-hybridized carbons (Fsp3) is 0.688. The Hall–Kier alpha value is -1.13. The lowest BCUT2D eigenvalue weighted by Crippen LogP contribution is -2.30. The smallest absolute Gasteiger partial charge is 0.309 e. The molecule has 2 N–H and O–H groups in total. The monoisotopic (exact) mass is 284 g/mol. The number of hydrogen-bond donors (Lipinski definition) is 2. The standard InChI is InChI=1S/C16H28O4/c1-13(2)6-5-7-14(3)8-11-20-15(18)12-16(4,19)9-10-17/h6,8,17,19H,5,7,9-12H2,1-4H3/b14-8+/t16-/m1/s1. The topological polar surface area (TPSA) is 66.8 Å². The highest BCUT2D eigenvalue weighted by Gasteiger charge is 2.24. The molecule has 0 fully saturated rings. The highest BCUT2D eigenvalue weighted by atomic mass is 16.5. The molecule has 0 bridgehead atoms. The molecule has 0 aliphatic rings. The molecule has 0 aromatic rings. The van der Waals surface area contributed by atoms with Gasteiger partial charge in [-0.3, -0.25) is 4.79 Å². The predicted octanol–water partition coefficient (Wildman–Crippen LogP) is 2.75. The van der Waals surface area contributed by atoms with Crippen LogP contribution in [0.1, 0.15) is 53.4 Å². The van der Waals surface area contributed by atoms with Crippen LogP contribution in [-0.4, -0.2) is 35.0 Å². The molecule has 0 saturated heterocycles. The van der Waals surface area contributed by atoms with E-state index in [2.05, 4.69) is 19.9 Å². The lowest BCUT2D eigenvalue weighted by atomic mass is 9.99. The Morgan fingerprint density at radius 2 is 1.90 bits per heavy atom. The third-order valence-electron chi connectivity index (χ3n) is 2.94. The molecule has 0 aliphatic heterocycles. The van der Waals surface area contributed by atoms with Gasteiger partial charge < -0.3 is 14.9 Å². The molecule has 0 rings (SSSR count). The maximum absolute atomic E-state index is 11.5. The Balaban J connectivity index is 3.98. The Kier molecular flexibility index (Phi) is 9.17. The summed E-state index contributed by atoms with van der Waals surface area (Å²) in [6.07, 6.45) is 6.07. The first-order chi connectivity index (χ1) is 9.26. The molecular weight excluding hydrogens is 256 g/mol. The minimum atomic E-state index is -1.20. The van der Waals surface area contributed by atoms with Gasteiger partial charge in [0.15, 0.2) is 0 Å². The highest BCUT2D eigenvalue weighted by Crippen LogP contribution is 2.14. The average Bonchev–Trinajstić information content (AvgIpc) is 2.27. The molecule has 0 unspecified atom stereocenters. The summed E-state index contributed by atoms with van der Waals surface area (Å²) < 4.78 is 5.05. The van der Waals surface area contributed by atoms with E-state index in [1.165, 1.54) is 18.1 Å². The lowest BCUT2D eigenvalue weighted by molar-refractivity contribution is -0.147. The first-order valence-electron chi connectivity index (χ1n) is 7.04. The van der Waals surface area contributed by atoms with Crippen molar-refractivity contribution in [1.29, 1.82) is 0 Å². The van der Waals surface area contributed by atoms with Crippen LogP contribution in [-0.2, 0) is 9.53 Å². The molecule has 0 spiro atoms. The van der Waals surface area contributed by atoms with Gasteiger partial charge in [-0.05, 0) is 53.0 Å². The first kappa shape index (κ1) is 18.9. The van der Waals surface area contributed by atoms with Gasteiger partial charge in [0.05, 0.1) is 12.0 Å². The molecule has 116 valence electrons. The van der Waals surface area contributed by atoms with Gasteiger partial charge in [0, 0.05) is 6.61 Å². The summed E-state index contributed by atoms with van der Waals surface area (Å²) in [5.41, 5.74) is 1.28. The maximum atomic E-state index is 11.5. The second kappa shape index (κ2) is 9.72. The van der Waals surface area contributed by atoms with Gasteiger partial charge in [0.1, 0.15) is 6.61 Å². The molecule has 0 aromatic heterocycles. The highest BCUT2D eigenvalue weighted by molar-refractivity contribution is 5.70. The number of ether oxygens (including phenoxy) is 1. The summed E-state index contributed by atoms with van der Waals surface area (Å²) in [6, 6.07) is 0. The molecule has 0 heterocycles. The van der Waals surface area contributed by atoms with E-state index in [0.29, 0.717) is 0 Å². The van der Waals surface area contributed by atoms with E-state index in [0.717, 1.165) is 12.8 Å². The molecule has 0 saturated carbocycles. The van der Waals surface area contributed by atoms with Crippen LogP contribution in [0.2, 0.25) is 0 Å². The summed E-state index contributed by atoms with van der Waals surface area (Å²) in [7, 11) is 0. The van der Waals surface area contributed by atoms with Crippen molar-refractivity contribution in [2.45, 2.75) is 59.0 Å². The van der Waals surface area contributed by atoms with E-state index in [1.54, 1.807) is 0 Å². The summed E-state index contributed by atoms with van der Waals surface area (Å²) in [4.78, 5) is 11.5. The minimum absolute atomic E-state index is 0.0990. The third kappa shape index (κ3) is 10.8. The first-order valence-corrected chi connectivity index (χ1v) is 7.04. The van der Waals surface area contributed by atoms with Crippen LogP contribution >= 0.6 is 0 Å². The van der Waals surface area contributed by atoms with E-state index in [1.807, 2.05) is 13.0 Å². The van der Waals surface area contributed by atoms with Crippen molar-refractivity contribution in [1.82, 2.24) is 0 Å². The van der Waals surface area contributed by atoms with E-state index in [-0.39, 0.29) is 26.1 Å². The number of allylic oxidation sites excluding steroid dienone is 3. The van der Waals surface area contributed by atoms with Crippen LogP contribution in [0, 0.1) is 0 Å². The number of aliphatic hydroxyl groups excluding tert-OH is 1. The Morgan fingerprint density at radius 1 is 1.25 bits per heavy atom. The van der Waals surface area contributed by atoms with Gasteiger partial charge in [-0.25, -0.2) is 0 Å². The van der Waals surface area contributed by atoms with Crippen LogP contribution in [0.25, 0.3) is 0 Å². The summed E-state index contributed by atoms with van der Waals surface area (Å²) in [6.45, 7) is 7.75. The Bertz CT molecular complexity index is 349. The molecule has 4 nitrogen and oxygen atoms in total. The molecule has 0 aromatic carbocycles. The second-order valence-electron chi connectivity index (χ2n) is 5.70. The predicted molar refractivity (Wildman–Crippen MR) is 80.3 cm³/mol. The lowest BCUT2D eigenvalue weighted by Gasteiger charge is -2.20. The van der Waals surface area contributed by atoms with Crippen molar-refractivity contribution in [3.63, 3.8) is 0 Å². The second-order valence-corrected chi connectivity index (χ2v) is 5.70. The fourth-order valence-corrected chi connectivity index (χ4v) is 1.66.